The van der Waals surface area contributed by atoms with Crippen molar-refractivity contribution in [1.29, 1.82) is 0 Å². The number of ether oxygens (including phenoxy) is 1. The third-order valence-corrected chi connectivity index (χ3v) is 6.40. The molecule has 0 spiro atoms. The van der Waals surface area contributed by atoms with Crippen molar-refractivity contribution < 1.29 is 19.2 Å². The Labute approximate surface area is 167 Å². The van der Waals surface area contributed by atoms with Crippen molar-refractivity contribution in [2.45, 2.75) is 19.9 Å². The molecule has 6 nitrogen and oxygen atoms in total. The highest BCUT2D eigenvalue weighted by Gasteiger charge is 2.53. The van der Waals surface area contributed by atoms with E-state index in [1.54, 1.807) is 18.2 Å². The van der Waals surface area contributed by atoms with E-state index in [1.807, 2.05) is 6.92 Å². The number of hydrogen-bond donors (Lipinski definition) is 1. The van der Waals surface area contributed by atoms with Gasteiger partial charge in [0.25, 0.3) is 0 Å². The van der Waals surface area contributed by atoms with Crippen LogP contribution >= 0.6 is 23.2 Å². The quantitative estimate of drug-likeness (QED) is 0.823. The van der Waals surface area contributed by atoms with E-state index in [2.05, 4.69) is 10.1 Å². The lowest BCUT2D eigenvalue weighted by molar-refractivity contribution is -0.157. The first-order valence-corrected chi connectivity index (χ1v) is 9.61. The fourth-order valence-electron chi connectivity index (χ4n) is 4.25. The van der Waals surface area contributed by atoms with E-state index in [0.717, 1.165) is 5.56 Å². The molecule has 27 heavy (non-hydrogen) atoms. The Morgan fingerprint density at radius 1 is 1.41 bits per heavy atom. The maximum atomic E-state index is 12.0. The molecule has 8 heteroatoms. The van der Waals surface area contributed by atoms with Gasteiger partial charge in [-0.2, -0.15) is 0 Å². The lowest BCUT2D eigenvalue weighted by Crippen LogP contribution is -2.44. The molecule has 2 aliphatic heterocycles. The monoisotopic (exact) mass is 410 g/mol. The molecule has 0 bridgehead atoms. The van der Waals surface area contributed by atoms with E-state index < -0.39 is 11.4 Å². The van der Waals surface area contributed by atoms with Crippen LogP contribution in [0.5, 0.6) is 0 Å². The molecule has 0 saturated carbocycles. The lowest BCUT2D eigenvalue weighted by Gasteiger charge is -2.34. The molecule has 2 fully saturated rings. The molecule has 1 N–H and O–H groups in total. The van der Waals surface area contributed by atoms with Crippen LogP contribution in [0.3, 0.4) is 0 Å². The number of aryl methyl sites for hydroxylation is 1. The first-order valence-electron chi connectivity index (χ1n) is 8.85. The number of halogens is 2. The summed E-state index contributed by atoms with van der Waals surface area (Å²) >= 11 is 12.7. The molecule has 144 valence electrons. The maximum Gasteiger partial charge on any atom is 0.311 e. The van der Waals surface area contributed by atoms with Crippen molar-refractivity contribution in [2.75, 3.05) is 26.3 Å². The smallest absolute Gasteiger partial charge is 0.311 e. The van der Waals surface area contributed by atoms with Gasteiger partial charge in [-0.1, -0.05) is 34.4 Å². The van der Waals surface area contributed by atoms with Gasteiger partial charge in [-0.15, -0.1) is 0 Å². The number of fused-ring (bicyclic) bond motifs is 1. The highest BCUT2D eigenvalue weighted by atomic mass is 35.5. The number of aromatic nitrogens is 1. The standard InChI is InChI=1S/C19H20Cl2N2O4/c1-11-13(17(22-27-11)16-14(20)3-2-4-15(16)21)8-23-7-12-9-26-6-5-19(12,10-23)18(24)25/h2-4,12H,5-10H2,1H3,(H,24,25)/t12-,19+/m1/s1. The van der Waals surface area contributed by atoms with E-state index in [-0.39, 0.29) is 5.92 Å². The molecule has 0 radical (unpaired) electrons. The molecule has 2 aromatic rings. The second kappa shape index (κ2) is 7.09. The van der Waals surface area contributed by atoms with Gasteiger partial charge >= 0.3 is 5.97 Å². The molecule has 0 unspecified atom stereocenters. The normalized spacial score (nSPS) is 25.5. The lowest BCUT2D eigenvalue weighted by atomic mass is 9.74. The average molecular weight is 411 g/mol. The second-order valence-corrected chi connectivity index (χ2v) is 8.13. The summed E-state index contributed by atoms with van der Waals surface area (Å²) in [4.78, 5) is 14.1. The summed E-state index contributed by atoms with van der Waals surface area (Å²) in [5.41, 5.74) is 1.38. The van der Waals surface area contributed by atoms with Crippen LogP contribution < -0.4 is 0 Å². The van der Waals surface area contributed by atoms with Crippen molar-refractivity contribution in [3.63, 3.8) is 0 Å². The van der Waals surface area contributed by atoms with Gasteiger partial charge in [-0.25, -0.2) is 0 Å². The largest absolute Gasteiger partial charge is 0.481 e. The molecule has 1 aromatic carbocycles. The first-order chi connectivity index (χ1) is 12.9. The molecule has 2 atom stereocenters. The predicted molar refractivity (Wildman–Crippen MR) is 101 cm³/mol. The Bertz CT molecular complexity index is 864. The van der Waals surface area contributed by atoms with Crippen LogP contribution in [-0.2, 0) is 16.1 Å². The number of aliphatic carboxylic acids is 1. The van der Waals surface area contributed by atoms with Crippen LogP contribution in [-0.4, -0.2) is 47.4 Å². The van der Waals surface area contributed by atoms with Crippen molar-refractivity contribution in [2.24, 2.45) is 11.3 Å². The number of benzene rings is 1. The predicted octanol–water partition coefficient (Wildman–Crippen LogP) is 3.88. The number of nitrogens with zero attached hydrogens (tertiary/aromatic N) is 2. The van der Waals surface area contributed by atoms with Crippen molar-refractivity contribution in [1.82, 2.24) is 10.1 Å². The van der Waals surface area contributed by atoms with Gasteiger partial charge in [0, 0.05) is 43.3 Å². The van der Waals surface area contributed by atoms with E-state index >= 15 is 0 Å². The molecule has 2 saturated heterocycles. The molecule has 4 rings (SSSR count). The van der Waals surface area contributed by atoms with Gasteiger partial charge in [0.2, 0.25) is 0 Å². The maximum absolute atomic E-state index is 12.0. The summed E-state index contributed by atoms with van der Waals surface area (Å²) in [6, 6.07) is 5.30. The van der Waals surface area contributed by atoms with Crippen LogP contribution in [0.25, 0.3) is 11.3 Å². The number of hydrogen-bond acceptors (Lipinski definition) is 5. The minimum absolute atomic E-state index is 0.0173. The molecule has 2 aliphatic rings. The third kappa shape index (κ3) is 3.14. The van der Waals surface area contributed by atoms with Crippen LogP contribution in [0.15, 0.2) is 22.7 Å². The molecular formula is C19H20Cl2N2O4. The summed E-state index contributed by atoms with van der Waals surface area (Å²) in [6.07, 6.45) is 0.537. The number of carboxylic acids is 1. The summed E-state index contributed by atoms with van der Waals surface area (Å²) < 4.78 is 11.0. The first kappa shape index (κ1) is 18.7. The van der Waals surface area contributed by atoms with Gasteiger partial charge in [-0.05, 0) is 25.5 Å². The van der Waals surface area contributed by atoms with Gasteiger partial charge in [0.05, 0.1) is 22.1 Å². The Kier molecular flexibility index (Phi) is 4.93. The zero-order valence-electron chi connectivity index (χ0n) is 14.9. The highest BCUT2D eigenvalue weighted by molar-refractivity contribution is 6.39. The highest BCUT2D eigenvalue weighted by Crippen LogP contribution is 2.44. The minimum atomic E-state index is -0.745. The Hall–Kier alpha value is -1.60. The van der Waals surface area contributed by atoms with E-state index in [9.17, 15) is 9.90 Å². The third-order valence-electron chi connectivity index (χ3n) is 5.77. The van der Waals surface area contributed by atoms with Gasteiger partial charge in [-0.3, -0.25) is 9.69 Å². The van der Waals surface area contributed by atoms with Crippen molar-refractivity contribution >= 4 is 29.2 Å². The van der Waals surface area contributed by atoms with Crippen LogP contribution in [0, 0.1) is 18.3 Å². The number of rotatable bonds is 4. The van der Waals surface area contributed by atoms with E-state index in [4.69, 9.17) is 32.5 Å². The van der Waals surface area contributed by atoms with Crippen molar-refractivity contribution in [3.05, 3.63) is 39.6 Å². The molecule has 0 aliphatic carbocycles. The zero-order valence-corrected chi connectivity index (χ0v) is 16.4. The average Bonchev–Trinajstić information content (AvgIpc) is 3.17. The number of carbonyl (C=O) groups is 1. The van der Waals surface area contributed by atoms with Gasteiger partial charge in [0.15, 0.2) is 0 Å². The van der Waals surface area contributed by atoms with Crippen LogP contribution in [0.4, 0.5) is 0 Å². The number of carboxylic acid groups (broad SMARTS) is 1. The summed E-state index contributed by atoms with van der Waals surface area (Å²) in [6.45, 7) is 4.48. The number of likely N-dealkylation sites (tertiary alicyclic amines) is 1. The van der Waals surface area contributed by atoms with Gasteiger partial charge < -0.3 is 14.4 Å². The molecular weight excluding hydrogens is 391 g/mol. The van der Waals surface area contributed by atoms with E-state index in [1.165, 1.54) is 0 Å². The molecule has 0 amide bonds. The summed E-state index contributed by atoms with van der Waals surface area (Å²) in [5, 5.41) is 15.0. The Morgan fingerprint density at radius 2 is 2.15 bits per heavy atom. The Balaban J connectivity index is 1.65. The fourth-order valence-corrected chi connectivity index (χ4v) is 4.82. The topological polar surface area (TPSA) is 75.8 Å². The summed E-state index contributed by atoms with van der Waals surface area (Å²) in [7, 11) is 0. The molecule has 3 heterocycles. The zero-order chi connectivity index (χ0) is 19.2. The van der Waals surface area contributed by atoms with E-state index in [0.29, 0.717) is 66.3 Å². The van der Waals surface area contributed by atoms with Crippen molar-refractivity contribution in [3.8, 4) is 11.3 Å². The summed E-state index contributed by atoms with van der Waals surface area (Å²) in [5.74, 6) is -0.0811. The minimum Gasteiger partial charge on any atom is -0.481 e. The van der Waals surface area contributed by atoms with Crippen LogP contribution in [0.1, 0.15) is 17.7 Å². The van der Waals surface area contributed by atoms with Gasteiger partial charge in [0.1, 0.15) is 11.5 Å². The second-order valence-electron chi connectivity index (χ2n) is 7.32. The fraction of sp³-hybridized carbons (Fsp3) is 0.474. The van der Waals surface area contributed by atoms with Crippen LogP contribution in [0.2, 0.25) is 10.0 Å². The SMILES string of the molecule is Cc1onc(-c2c(Cl)cccc2Cl)c1CN1C[C@@H]2COCC[C@]2(C(=O)O)C1. The molecule has 1 aromatic heterocycles. The Morgan fingerprint density at radius 3 is 2.81 bits per heavy atom.